The zero-order valence-electron chi connectivity index (χ0n) is 10.4. The number of halogens is 2. The standard InChI is InChI=1S/C13H9Cl2N3O2/c1-20-10-4-8(2-3-9(10)5-16)6-18-7-17-12(15)11(14)13(18)19/h2-4,7H,6H2,1H3. The molecule has 20 heavy (non-hydrogen) atoms. The Morgan fingerprint density at radius 3 is 2.85 bits per heavy atom. The fourth-order valence-corrected chi connectivity index (χ4v) is 1.96. The van der Waals surface area contributed by atoms with Gasteiger partial charge in [0.25, 0.3) is 5.56 Å². The predicted molar refractivity (Wildman–Crippen MR) is 75.3 cm³/mol. The van der Waals surface area contributed by atoms with Crippen LogP contribution < -0.4 is 10.3 Å². The van der Waals surface area contributed by atoms with Crippen molar-refractivity contribution in [1.82, 2.24) is 9.55 Å². The van der Waals surface area contributed by atoms with Crippen LogP contribution in [0.5, 0.6) is 5.75 Å². The summed E-state index contributed by atoms with van der Waals surface area (Å²) >= 11 is 11.4. The molecule has 2 rings (SSSR count). The van der Waals surface area contributed by atoms with Gasteiger partial charge < -0.3 is 4.74 Å². The molecule has 0 atom stereocenters. The lowest BCUT2D eigenvalue weighted by molar-refractivity contribution is 0.412. The van der Waals surface area contributed by atoms with Gasteiger partial charge in [-0.2, -0.15) is 5.26 Å². The van der Waals surface area contributed by atoms with Gasteiger partial charge >= 0.3 is 0 Å². The summed E-state index contributed by atoms with van der Waals surface area (Å²) in [5.74, 6) is 0.450. The molecule has 1 aromatic heterocycles. The molecule has 0 saturated heterocycles. The maximum Gasteiger partial charge on any atom is 0.273 e. The molecule has 1 aromatic carbocycles. The minimum atomic E-state index is -0.421. The zero-order valence-corrected chi connectivity index (χ0v) is 11.9. The average Bonchev–Trinajstić information content (AvgIpc) is 2.47. The number of nitriles is 1. The third-order valence-corrected chi connectivity index (χ3v) is 3.40. The van der Waals surface area contributed by atoms with Crippen molar-refractivity contribution in [3.63, 3.8) is 0 Å². The van der Waals surface area contributed by atoms with Crippen LogP contribution in [0.25, 0.3) is 0 Å². The molecule has 102 valence electrons. The van der Waals surface area contributed by atoms with Crippen LogP contribution in [-0.2, 0) is 6.54 Å². The fourth-order valence-electron chi connectivity index (χ4n) is 1.68. The monoisotopic (exact) mass is 309 g/mol. The lowest BCUT2D eigenvalue weighted by Crippen LogP contribution is -2.21. The minimum Gasteiger partial charge on any atom is -0.495 e. The summed E-state index contributed by atoms with van der Waals surface area (Å²) in [6, 6.07) is 7.07. The van der Waals surface area contributed by atoms with Gasteiger partial charge in [0.05, 0.1) is 25.5 Å². The molecule has 0 aliphatic heterocycles. The van der Waals surface area contributed by atoms with Crippen molar-refractivity contribution in [3.8, 4) is 11.8 Å². The van der Waals surface area contributed by atoms with Gasteiger partial charge in [-0.1, -0.05) is 29.3 Å². The van der Waals surface area contributed by atoms with Crippen LogP contribution >= 0.6 is 23.2 Å². The summed E-state index contributed by atoms with van der Waals surface area (Å²) < 4.78 is 6.44. The van der Waals surface area contributed by atoms with Crippen LogP contribution in [0.15, 0.2) is 29.3 Å². The van der Waals surface area contributed by atoms with E-state index in [1.807, 2.05) is 6.07 Å². The predicted octanol–water partition coefficient (Wildman–Crippen LogP) is 2.48. The Morgan fingerprint density at radius 2 is 2.20 bits per heavy atom. The van der Waals surface area contributed by atoms with Crippen LogP contribution in [0, 0.1) is 11.3 Å². The van der Waals surface area contributed by atoms with E-state index in [0.29, 0.717) is 11.3 Å². The number of benzene rings is 1. The average molecular weight is 310 g/mol. The Balaban J connectivity index is 2.39. The lowest BCUT2D eigenvalue weighted by atomic mass is 10.1. The summed E-state index contributed by atoms with van der Waals surface area (Å²) in [4.78, 5) is 15.7. The molecule has 1 heterocycles. The highest BCUT2D eigenvalue weighted by Gasteiger charge is 2.09. The molecule has 0 unspecified atom stereocenters. The highest BCUT2D eigenvalue weighted by Crippen LogP contribution is 2.20. The number of hydrogen-bond acceptors (Lipinski definition) is 4. The molecule has 2 aromatic rings. The summed E-state index contributed by atoms with van der Waals surface area (Å²) in [6.07, 6.45) is 1.32. The number of nitrogens with zero attached hydrogens (tertiary/aromatic N) is 3. The Hall–Kier alpha value is -2.03. The molecule has 0 N–H and O–H groups in total. The van der Waals surface area contributed by atoms with Crippen LogP contribution in [0.2, 0.25) is 10.2 Å². The van der Waals surface area contributed by atoms with Crippen LogP contribution in [-0.4, -0.2) is 16.7 Å². The minimum absolute atomic E-state index is 0.0228. The first-order valence-electron chi connectivity index (χ1n) is 5.54. The zero-order chi connectivity index (χ0) is 14.7. The molecular weight excluding hydrogens is 301 g/mol. The fraction of sp³-hybridized carbons (Fsp3) is 0.154. The highest BCUT2D eigenvalue weighted by molar-refractivity contribution is 6.40. The van der Waals surface area contributed by atoms with Gasteiger partial charge in [-0.15, -0.1) is 0 Å². The second-order valence-corrected chi connectivity index (χ2v) is 4.66. The number of aromatic nitrogens is 2. The van der Waals surface area contributed by atoms with Crippen LogP contribution in [0.3, 0.4) is 0 Å². The van der Waals surface area contributed by atoms with E-state index >= 15 is 0 Å². The highest BCUT2D eigenvalue weighted by atomic mass is 35.5. The summed E-state index contributed by atoms with van der Waals surface area (Å²) in [5.41, 5.74) is 0.786. The normalized spacial score (nSPS) is 10.1. The lowest BCUT2D eigenvalue weighted by Gasteiger charge is -2.09. The SMILES string of the molecule is COc1cc(Cn2cnc(Cl)c(Cl)c2=O)ccc1C#N. The number of ether oxygens (including phenoxy) is 1. The van der Waals surface area contributed by atoms with Crippen molar-refractivity contribution in [2.75, 3.05) is 7.11 Å². The van der Waals surface area contributed by atoms with E-state index in [2.05, 4.69) is 4.98 Å². The molecule has 5 nitrogen and oxygen atoms in total. The first-order valence-corrected chi connectivity index (χ1v) is 6.30. The summed E-state index contributed by atoms with van der Waals surface area (Å²) in [7, 11) is 1.48. The second-order valence-electron chi connectivity index (χ2n) is 3.93. The molecular formula is C13H9Cl2N3O2. The Bertz CT molecular complexity index is 750. The maximum atomic E-state index is 11.9. The molecule has 0 saturated carbocycles. The van der Waals surface area contributed by atoms with Gasteiger partial charge in [-0.3, -0.25) is 9.36 Å². The Morgan fingerprint density at radius 1 is 1.45 bits per heavy atom. The topological polar surface area (TPSA) is 67.9 Å². The Kier molecular flexibility index (Phi) is 4.28. The third kappa shape index (κ3) is 2.77. The molecule has 7 heteroatoms. The van der Waals surface area contributed by atoms with E-state index in [1.54, 1.807) is 18.2 Å². The number of methoxy groups -OCH3 is 1. The molecule has 0 aliphatic carbocycles. The van der Waals surface area contributed by atoms with Crippen molar-refractivity contribution < 1.29 is 4.74 Å². The number of hydrogen-bond donors (Lipinski definition) is 0. The molecule has 0 spiro atoms. The van der Waals surface area contributed by atoms with Crippen LogP contribution in [0.4, 0.5) is 0 Å². The van der Waals surface area contributed by atoms with Gasteiger partial charge in [0.15, 0.2) is 5.15 Å². The van der Waals surface area contributed by atoms with E-state index in [1.165, 1.54) is 18.0 Å². The van der Waals surface area contributed by atoms with Gasteiger partial charge in [0.1, 0.15) is 16.8 Å². The summed E-state index contributed by atoms with van der Waals surface area (Å²) in [5, 5.41) is 8.78. The first-order chi connectivity index (χ1) is 9.56. The van der Waals surface area contributed by atoms with Gasteiger partial charge in [0.2, 0.25) is 0 Å². The Labute approximate surface area is 125 Å². The number of rotatable bonds is 3. The third-order valence-electron chi connectivity index (χ3n) is 2.68. The molecule has 0 fully saturated rings. The first kappa shape index (κ1) is 14.4. The van der Waals surface area contributed by atoms with E-state index in [-0.39, 0.29) is 16.7 Å². The second kappa shape index (κ2) is 5.95. The molecule has 0 radical (unpaired) electrons. The van der Waals surface area contributed by atoms with E-state index in [9.17, 15) is 4.79 Å². The quantitative estimate of drug-likeness (QED) is 0.817. The van der Waals surface area contributed by atoms with Crippen molar-refractivity contribution in [3.05, 3.63) is 56.2 Å². The van der Waals surface area contributed by atoms with Crippen LogP contribution in [0.1, 0.15) is 11.1 Å². The van der Waals surface area contributed by atoms with E-state index in [4.69, 9.17) is 33.2 Å². The smallest absolute Gasteiger partial charge is 0.273 e. The molecule has 0 aliphatic rings. The molecule has 0 amide bonds. The molecule has 0 bridgehead atoms. The van der Waals surface area contributed by atoms with Crippen molar-refractivity contribution in [2.24, 2.45) is 0 Å². The van der Waals surface area contributed by atoms with Gasteiger partial charge in [0, 0.05) is 0 Å². The largest absolute Gasteiger partial charge is 0.495 e. The van der Waals surface area contributed by atoms with E-state index in [0.717, 1.165) is 5.56 Å². The van der Waals surface area contributed by atoms with E-state index < -0.39 is 5.56 Å². The maximum absolute atomic E-state index is 11.9. The van der Waals surface area contributed by atoms with Crippen molar-refractivity contribution in [1.29, 1.82) is 5.26 Å². The van der Waals surface area contributed by atoms with Gasteiger partial charge in [-0.25, -0.2) is 4.98 Å². The van der Waals surface area contributed by atoms with Crippen molar-refractivity contribution >= 4 is 23.2 Å². The van der Waals surface area contributed by atoms with Crippen molar-refractivity contribution in [2.45, 2.75) is 6.54 Å². The summed E-state index contributed by atoms with van der Waals surface area (Å²) in [6.45, 7) is 0.255. The van der Waals surface area contributed by atoms with Gasteiger partial charge in [-0.05, 0) is 17.7 Å².